The number of Topliss-reactive ketones (excluding diaryl/α,β-unsaturated/α-hetero) is 1. The Labute approximate surface area is 224 Å². The van der Waals surface area contributed by atoms with Crippen molar-refractivity contribution < 1.29 is 34.3 Å². The van der Waals surface area contributed by atoms with Crippen LogP contribution < -0.4 is 0 Å². The van der Waals surface area contributed by atoms with Gasteiger partial charge in [0.25, 0.3) is 11.4 Å². The molecular weight excluding hydrogens is 528 g/mol. The quantitative estimate of drug-likeness (QED) is 0.398. The van der Waals surface area contributed by atoms with Crippen molar-refractivity contribution in [2.75, 3.05) is 14.1 Å². The average Bonchev–Trinajstić information content (AvgIpc) is 3.55. The molecular formula is C25H18N6O9. The van der Waals surface area contributed by atoms with Gasteiger partial charge in [-0.15, -0.1) is 10.2 Å². The maximum atomic E-state index is 12.8. The van der Waals surface area contributed by atoms with E-state index in [1.807, 2.05) is 0 Å². The Balaban J connectivity index is 1.36. The van der Waals surface area contributed by atoms with Gasteiger partial charge in [0.2, 0.25) is 29.3 Å². The first-order chi connectivity index (χ1) is 19.0. The molecule has 0 atom stereocenters. The van der Waals surface area contributed by atoms with Crippen molar-refractivity contribution >= 4 is 29.0 Å². The van der Waals surface area contributed by atoms with Gasteiger partial charge in [-0.3, -0.25) is 25.0 Å². The van der Waals surface area contributed by atoms with Crippen molar-refractivity contribution in [2.45, 2.75) is 0 Å². The summed E-state index contributed by atoms with van der Waals surface area (Å²) < 4.78 is 11.4. The van der Waals surface area contributed by atoms with Gasteiger partial charge in [-0.05, 0) is 24.3 Å². The predicted molar refractivity (Wildman–Crippen MR) is 137 cm³/mol. The summed E-state index contributed by atoms with van der Waals surface area (Å²) in [5.74, 6) is -1.86. The van der Waals surface area contributed by atoms with Crippen molar-refractivity contribution in [2.24, 2.45) is 10.2 Å². The van der Waals surface area contributed by atoms with E-state index in [0.29, 0.717) is 11.1 Å². The van der Waals surface area contributed by atoms with Crippen LogP contribution in [0.2, 0.25) is 0 Å². The molecule has 0 saturated heterocycles. The van der Waals surface area contributed by atoms with Crippen LogP contribution in [-0.4, -0.2) is 61.8 Å². The van der Waals surface area contributed by atoms with E-state index in [-0.39, 0.29) is 46.1 Å². The largest absolute Gasteiger partial charge is 0.506 e. The lowest BCUT2D eigenvalue weighted by Crippen LogP contribution is -2.08. The van der Waals surface area contributed by atoms with Gasteiger partial charge in [0.05, 0.1) is 21.0 Å². The van der Waals surface area contributed by atoms with Gasteiger partial charge < -0.3 is 19.7 Å². The Morgan fingerprint density at radius 3 is 1.52 bits per heavy atom. The van der Waals surface area contributed by atoms with Crippen LogP contribution in [0.4, 0.5) is 11.4 Å². The third-order valence-electron chi connectivity index (χ3n) is 5.93. The molecule has 3 aliphatic rings. The highest BCUT2D eigenvalue weighted by Gasteiger charge is 2.34. The second kappa shape index (κ2) is 9.71. The normalized spacial score (nSPS) is 18.9. The first-order valence-electron chi connectivity index (χ1n) is 11.4. The fraction of sp³-hybridized carbons (Fsp3) is 0.0800. The van der Waals surface area contributed by atoms with E-state index in [1.54, 1.807) is 0 Å². The SMILES string of the molecule is CN1N=C(c2ccc([N+](=O)[O-])cc2)O/C1=C/C1=C(O)C(/C=C2/OC(c3ccc([N+](=O)[O-])cc3)=NN2C)=C(O)C1=O. The summed E-state index contributed by atoms with van der Waals surface area (Å²) in [4.78, 5) is 33.5. The molecule has 2 aromatic carbocycles. The minimum atomic E-state index is -0.880. The van der Waals surface area contributed by atoms with Crippen LogP contribution in [-0.2, 0) is 14.3 Å². The van der Waals surface area contributed by atoms with Crippen LogP contribution in [0.15, 0.2) is 105 Å². The number of nitro groups is 2. The number of rotatable bonds is 6. The number of nitrogens with zero attached hydrogens (tertiary/aromatic N) is 6. The molecule has 0 spiro atoms. The average molecular weight is 546 g/mol. The number of aliphatic hydroxyl groups excluding tert-OH is 2. The number of hydrazone groups is 2. The summed E-state index contributed by atoms with van der Waals surface area (Å²) in [6.45, 7) is 0. The zero-order chi connectivity index (χ0) is 28.7. The Kier molecular flexibility index (Phi) is 6.23. The summed E-state index contributed by atoms with van der Waals surface area (Å²) in [7, 11) is 3.05. The van der Waals surface area contributed by atoms with Gasteiger partial charge >= 0.3 is 0 Å². The highest BCUT2D eigenvalue weighted by Crippen LogP contribution is 2.33. The van der Waals surface area contributed by atoms with Crippen LogP contribution in [0, 0.1) is 20.2 Å². The number of hydrogen-bond donors (Lipinski definition) is 2. The number of benzene rings is 2. The number of carbonyl (C=O) groups excluding carboxylic acids is 1. The summed E-state index contributed by atoms with van der Waals surface area (Å²) in [5, 5.41) is 54.1. The molecule has 0 aromatic heterocycles. The molecule has 15 nitrogen and oxygen atoms in total. The summed E-state index contributed by atoms with van der Waals surface area (Å²) in [5.41, 5.74) is 0.165. The van der Waals surface area contributed by atoms with E-state index in [0.717, 1.165) is 0 Å². The maximum absolute atomic E-state index is 12.8. The van der Waals surface area contributed by atoms with Crippen LogP contribution in [0.3, 0.4) is 0 Å². The smallest absolute Gasteiger partial charge is 0.269 e. The summed E-state index contributed by atoms with van der Waals surface area (Å²) in [6.07, 6.45) is 2.41. The third kappa shape index (κ3) is 4.58. The second-order valence-corrected chi connectivity index (χ2v) is 8.49. The lowest BCUT2D eigenvalue weighted by atomic mass is 10.2. The first-order valence-corrected chi connectivity index (χ1v) is 11.4. The maximum Gasteiger partial charge on any atom is 0.269 e. The monoisotopic (exact) mass is 546 g/mol. The fourth-order valence-corrected chi connectivity index (χ4v) is 3.80. The Hall–Kier alpha value is -5.99. The third-order valence-corrected chi connectivity index (χ3v) is 5.93. The van der Waals surface area contributed by atoms with Crippen molar-refractivity contribution in [3.63, 3.8) is 0 Å². The van der Waals surface area contributed by atoms with E-state index >= 15 is 0 Å². The molecule has 202 valence electrons. The minimum absolute atomic E-state index is 0.0444. The van der Waals surface area contributed by atoms with Gasteiger partial charge in [0.1, 0.15) is 5.76 Å². The highest BCUT2D eigenvalue weighted by atomic mass is 16.6. The highest BCUT2D eigenvalue weighted by molar-refractivity contribution is 6.13. The van der Waals surface area contributed by atoms with E-state index in [4.69, 9.17) is 9.47 Å². The van der Waals surface area contributed by atoms with Gasteiger partial charge in [0, 0.05) is 61.6 Å². The zero-order valence-electron chi connectivity index (χ0n) is 20.7. The molecule has 2 heterocycles. The van der Waals surface area contributed by atoms with Gasteiger partial charge in [-0.1, -0.05) is 0 Å². The van der Waals surface area contributed by atoms with E-state index in [2.05, 4.69) is 10.2 Å². The Morgan fingerprint density at radius 1 is 0.725 bits per heavy atom. The van der Waals surface area contributed by atoms with Crippen molar-refractivity contribution in [3.05, 3.63) is 126 Å². The standard InChI is InChI=1S/C25H18N6O9/c1-28-19(39-24(26-28)13-3-7-15(8-4-13)30(35)36)11-17-21(32)18(23(34)22(17)33)12-20-29(2)27-25(40-20)14-5-9-16(10-6-14)31(37)38/h3-12,32H,1-2H3,(H,33,34)/b19-11+,20-12+. The van der Waals surface area contributed by atoms with Crippen LogP contribution in [0.1, 0.15) is 11.1 Å². The van der Waals surface area contributed by atoms with E-state index in [1.165, 1.54) is 84.8 Å². The molecule has 2 aromatic rings. The molecule has 15 heteroatoms. The number of aliphatic hydroxyl groups is 2. The molecule has 5 rings (SSSR count). The van der Waals surface area contributed by atoms with Gasteiger partial charge in [-0.25, -0.2) is 10.0 Å². The number of ketones is 1. The molecule has 2 aliphatic heterocycles. The molecule has 0 amide bonds. The molecule has 0 fully saturated rings. The van der Waals surface area contributed by atoms with Crippen molar-refractivity contribution in [1.82, 2.24) is 10.0 Å². The molecule has 0 unspecified atom stereocenters. The predicted octanol–water partition coefficient (Wildman–Crippen LogP) is 3.34. The first kappa shape index (κ1) is 25.7. The Morgan fingerprint density at radius 2 is 1.12 bits per heavy atom. The Bertz CT molecular complexity index is 1650. The van der Waals surface area contributed by atoms with Crippen molar-refractivity contribution in [3.8, 4) is 0 Å². The minimum Gasteiger partial charge on any atom is -0.506 e. The van der Waals surface area contributed by atoms with E-state index in [9.17, 15) is 35.2 Å². The number of ether oxygens (including phenoxy) is 2. The number of hydrogen-bond acceptors (Lipinski definition) is 13. The molecule has 1 aliphatic carbocycles. The number of nitro benzene ring substituents is 2. The summed E-state index contributed by atoms with van der Waals surface area (Å²) >= 11 is 0. The molecule has 2 N–H and O–H groups in total. The summed E-state index contributed by atoms with van der Waals surface area (Å²) in [6, 6.07) is 11.0. The van der Waals surface area contributed by atoms with Gasteiger partial charge in [-0.2, -0.15) is 0 Å². The lowest BCUT2D eigenvalue weighted by molar-refractivity contribution is -0.385. The topological polar surface area (TPSA) is 193 Å². The van der Waals surface area contributed by atoms with Crippen molar-refractivity contribution in [1.29, 1.82) is 0 Å². The van der Waals surface area contributed by atoms with Crippen LogP contribution in [0.5, 0.6) is 0 Å². The number of non-ortho nitro benzene ring substituents is 2. The fourth-order valence-electron chi connectivity index (χ4n) is 3.80. The molecule has 40 heavy (non-hydrogen) atoms. The van der Waals surface area contributed by atoms with Crippen LogP contribution >= 0.6 is 0 Å². The number of carbonyl (C=O) groups is 1. The molecule has 0 radical (unpaired) electrons. The second-order valence-electron chi connectivity index (χ2n) is 8.49. The van der Waals surface area contributed by atoms with Crippen LogP contribution in [0.25, 0.3) is 0 Å². The molecule has 0 bridgehead atoms. The number of allylic oxidation sites excluding steroid dienone is 3. The lowest BCUT2D eigenvalue weighted by Gasteiger charge is -2.08. The van der Waals surface area contributed by atoms with E-state index < -0.39 is 27.1 Å². The zero-order valence-corrected chi connectivity index (χ0v) is 20.7. The molecule has 0 saturated carbocycles. The van der Waals surface area contributed by atoms with Gasteiger partial charge in [0.15, 0.2) is 5.76 Å².